The van der Waals surface area contributed by atoms with Crippen LogP contribution in [0, 0.1) is 5.92 Å². The molecule has 1 saturated heterocycles. The van der Waals surface area contributed by atoms with Crippen molar-refractivity contribution in [2.45, 2.75) is 51.4 Å². The minimum atomic E-state index is 0.138. The first-order chi connectivity index (χ1) is 13.1. The van der Waals surface area contributed by atoms with E-state index in [9.17, 15) is 9.59 Å². The number of hydrogen-bond acceptors (Lipinski definition) is 5. The van der Waals surface area contributed by atoms with Crippen molar-refractivity contribution in [1.29, 1.82) is 0 Å². The van der Waals surface area contributed by atoms with Gasteiger partial charge < -0.3 is 15.1 Å². The van der Waals surface area contributed by atoms with Crippen LogP contribution >= 0.6 is 0 Å². The number of carbonyl (C=O) groups excluding carboxylic acids is 2. The van der Waals surface area contributed by atoms with Gasteiger partial charge in [-0.25, -0.2) is 9.97 Å². The summed E-state index contributed by atoms with van der Waals surface area (Å²) in [7, 11) is 0. The molecule has 0 aromatic carbocycles. The van der Waals surface area contributed by atoms with Crippen molar-refractivity contribution < 1.29 is 9.59 Å². The first-order valence-electron chi connectivity index (χ1n) is 10.3. The highest BCUT2D eigenvalue weighted by Gasteiger charge is 2.29. The molecule has 27 heavy (non-hydrogen) atoms. The number of aromatic nitrogens is 2. The Kier molecular flexibility index (Phi) is 5.27. The summed E-state index contributed by atoms with van der Waals surface area (Å²) in [6.07, 6.45) is 6.30. The molecule has 1 aromatic heterocycles. The maximum atomic E-state index is 12.0. The fraction of sp³-hybridized carbons (Fsp3) is 0.700. The van der Waals surface area contributed by atoms with Crippen LogP contribution in [0.2, 0.25) is 0 Å². The molecule has 7 nitrogen and oxygen atoms in total. The number of anilines is 1. The van der Waals surface area contributed by atoms with Crippen molar-refractivity contribution >= 4 is 17.6 Å². The third-order valence-electron chi connectivity index (χ3n) is 5.93. The van der Waals surface area contributed by atoms with Crippen LogP contribution < -0.4 is 10.2 Å². The van der Waals surface area contributed by atoms with Gasteiger partial charge in [0.15, 0.2) is 0 Å². The van der Waals surface area contributed by atoms with Crippen LogP contribution in [0.25, 0.3) is 0 Å². The van der Waals surface area contributed by atoms with E-state index < -0.39 is 0 Å². The molecule has 1 aromatic rings. The Morgan fingerprint density at radius 3 is 2.44 bits per heavy atom. The van der Waals surface area contributed by atoms with Crippen molar-refractivity contribution in [3.63, 3.8) is 0 Å². The minimum absolute atomic E-state index is 0.138. The quantitative estimate of drug-likeness (QED) is 0.819. The average molecular weight is 371 g/mol. The number of carbonyl (C=O) groups is 2. The van der Waals surface area contributed by atoms with Crippen molar-refractivity contribution in [2.24, 2.45) is 5.92 Å². The Balaban J connectivity index is 1.39. The van der Waals surface area contributed by atoms with E-state index in [1.54, 1.807) is 6.92 Å². The number of rotatable bonds is 6. The van der Waals surface area contributed by atoms with Gasteiger partial charge in [-0.05, 0) is 25.7 Å². The number of amides is 2. The summed E-state index contributed by atoms with van der Waals surface area (Å²) in [5.74, 6) is 2.96. The van der Waals surface area contributed by atoms with Crippen LogP contribution in [0.5, 0.6) is 0 Å². The Labute approximate surface area is 160 Å². The van der Waals surface area contributed by atoms with Gasteiger partial charge in [-0.1, -0.05) is 6.42 Å². The van der Waals surface area contributed by atoms with Crippen molar-refractivity contribution in [1.82, 2.24) is 20.2 Å². The number of piperazine rings is 1. The molecular formula is C20H29N5O2. The summed E-state index contributed by atoms with van der Waals surface area (Å²) in [5.41, 5.74) is 1.00. The van der Waals surface area contributed by atoms with Crippen molar-refractivity contribution in [3.05, 3.63) is 17.6 Å². The topological polar surface area (TPSA) is 78.4 Å². The van der Waals surface area contributed by atoms with Gasteiger partial charge in [0, 0.05) is 69.7 Å². The lowest BCUT2D eigenvalue weighted by Gasteiger charge is -2.35. The normalized spacial score (nSPS) is 20.3. The number of nitrogens with one attached hydrogen (secondary N) is 1. The van der Waals surface area contributed by atoms with E-state index in [2.05, 4.69) is 16.3 Å². The molecule has 1 N–H and O–H groups in total. The third kappa shape index (κ3) is 4.39. The molecule has 2 saturated carbocycles. The number of hydrogen-bond donors (Lipinski definition) is 1. The van der Waals surface area contributed by atoms with Crippen molar-refractivity contribution in [2.75, 3.05) is 37.6 Å². The summed E-state index contributed by atoms with van der Waals surface area (Å²) in [6.45, 7) is 5.35. The van der Waals surface area contributed by atoms with Gasteiger partial charge in [0.2, 0.25) is 11.8 Å². The van der Waals surface area contributed by atoms with Crippen LogP contribution in [0.15, 0.2) is 6.07 Å². The van der Waals surface area contributed by atoms with E-state index in [0.29, 0.717) is 12.5 Å². The molecule has 146 valence electrons. The van der Waals surface area contributed by atoms with Crippen LogP contribution in [0.3, 0.4) is 0 Å². The average Bonchev–Trinajstić information content (AvgIpc) is 3.45. The molecule has 3 fully saturated rings. The molecule has 7 heteroatoms. The maximum Gasteiger partial charge on any atom is 0.223 e. The van der Waals surface area contributed by atoms with Gasteiger partial charge in [-0.3, -0.25) is 9.59 Å². The smallest absolute Gasteiger partial charge is 0.223 e. The molecule has 2 heterocycles. The first-order valence-corrected chi connectivity index (χ1v) is 10.3. The molecule has 0 spiro atoms. The third-order valence-corrected chi connectivity index (χ3v) is 5.93. The highest BCUT2D eigenvalue weighted by Crippen LogP contribution is 2.38. The minimum Gasteiger partial charge on any atom is -0.355 e. The van der Waals surface area contributed by atoms with Gasteiger partial charge >= 0.3 is 0 Å². The van der Waals surface area contributed by atoms with Gasteiger partial charge in [0.1, 0.15) is 11.6 Å². The molecule has 0 atom stereocenters. The second kappa shape index (κ2) is 7.82. The summed E-state index contributed by atoms with van der Waals surface area (Å²) in [6, 6.07) is 2.06. The summed E-state index contributed by atoms with van der Waals surface area (Å²) < 4.78 is 0. The first kappa shape index (κ1) is 18.2. The highest BCUT2D eigenvalue weighted by molar-refractivity contribution is 5.79. The monoisotopic (exact) mass is 371 g/mol. The lowest BCUT2D eigenvalue weighted by atomic mass is 9.85. The number of nitrogens with zero attached hydrogens (tertiary/aromatic N) is 4. The van der Waals surface area contributed by atoms with E-state index >= 15 is 0 Å². The molecule has 0 radical (unpaired) electrons. The predicted molar refractivity (Wildman–Crippen MR) is 103 cm³/mol. The van der Waals surface area contributed by atoms with Gasteiger partial charge in [0.25, 0.3) is 0 Å². The van der Waals surface area contributed by atoms with Gasteiger partial charge in [-0.2, -0.15) is 0 Å². The highest BCUT2D eigenvalue weighted by atomic mass is 16.2. The van der Waals surface area contributed by atoms with Gasteiger partial charge in [-0.15, -0.1) is 0 Å². The lowest BCUT2D eigenvalue weighted by Crippen LogP contribution is -2.48. The van der Waals surface area contributed by atoms with E-state index in [-0.39, 0.29) is 17.7 Å². The van der Waals surface area contributed by atoms with E-state index in [1.165, 1.54) is 19.3 Å². The fourth-order valence-electron chi connectivity index (χ4n) is 3.70. The van der Waals surface area contributed by atoms with Crippen LogP contribution in [0.1, 0.15) is 56.5 Å². The molecule has 0 unspecified atom stereocenters. The molecule has 0 bridgehead atoms. The second-order valence-electron chi connectivity index (χ2n) is 8.01. The van der Waals surface area contributed by atoms with E-state index in [1.807, 2.05) is 4.90 Å². The molecular weight excluding hydrogens is 342 g/mol. The lowest BCUT2D eigenvalue weighted by molar-refractivity contribution is -0.129. The molecule has 1 aliphatic heterocycles. The van der Waals surface area contributed by atoms with E-state index in [0.717, 1.165) is 62.8 Å². The van der Waals surface area contributed by atoms with Crippen LogP contribution in [-0.2, 0) is 16.0 Å². The summed E-state index contributed by atoms with van der Waals surface area (Å²) in [4.78, 5) is 37.3. The molecule has 4 rings (SSSR count). The largest absolute Gasteiger partial charge is 0.355 e. The zero-order valence-corrected chi connectivity index (χ0v) is 16.1. The zero-order valence-electron chi connectivity index (χ0n) is 16.1. The Hall–Kier alpha value is -2.18. The zero-order chi connectivity index (χ0) is 18.8. The fourth-order valence-corrected chi connectivity index (χ4v) is 3.70. The van der Waals surface area contributed by atoms with Crippen LogP contribution in [-0.4, -0.2) is 59.4 Å². The predicted octanol–water partition coefficient (Wildman–Crippen LogP) is 1.48. The Morgan fingerprint density at radius 1 is 1.11 bits per heavy atom. The SMILES string of the molecule is CC(=O)N1CCN(c2cc(CCNC(=O)C3CCC3)nc(C3CC3)n2)CC1. The summed E-state index contributed by atoms with van der Waals surface area (Å²) in [5, 5.41) is 3.06. The summed E-state index contributed by atoms with van der Waals surface area (Å²) >= 11 is 0. The molecule has 2 amide bonds. The Bertz CT molecular complexity index is 706. The Morgan fingerprint density at radius 2 is 1.85 bits per heavy atom. The standard InChI is InChI=1S/C20H29N5O2/c1-14(26)24-9-11-25(12-10-24)18-13-17(22-19(23-18)15-5-6-15)7-8-21-20(27)16-3-2-4-16/h13,15-16H,2-12H2,1H3,(H,21,27). The van der Waals surface area contributed by atoms with E-state index in [4.69, 9.17) is 9.97 Å². The second-order valence-corrected chi connectivity index (χ2v) is 8.01. The molecule has 2 aliphatic carbocycles. The van der Waals surface area contributed by atoms with Gasteiger partial charge in [0.05, 0.1) is 0 Å². The van der Waals surface area contributed by atoms with Crippen molar-refractivity contribution in [3.8, 4) is 0 Å². The maximum absolute atomic E-state index is 12.0. The molecule has 3 aliphatic rings. The van der Waals surface area contributed by atoms with Crippen LogP contribution in [0.4, 0.5) is 5.82 Å².